The Morgan fingerprint density at radius 2 is 0.759 bits per heavy atom. The van der Waals surface area contributed by atoms with Gasteiger partial charge in [0.1, 0.15) is 0 Å². The van der Waals surface area contributed by atoms with Crippen molar-refractivity contribution in [3.05, 3.63) is 236 Å². The van der Waals surface area contributed by atoms with Crippen molar-refractivity contribution in [2.45, 2.75) is 0 Å². The maximum absolute atomic E-state index is 5.56. The summed E-state index contributed by atoms with van der Waals surface area (Å²) in [5.74, 6) is 0. The number of hydrogen-bond acceptors (Lipinski definition) is 2. The van der Waals surface area contributed by atoms with Crippen molar-refractivity contribution in [2.24, 2.45) is 10.8 Å². The van der Waals surface area contributed by atoms with Gasteiger partial charge in [-0.2, -0.15) is 5.10 Å². The lowest BCUT2D eigenvalue weighted by Crippen LogP contribution is -2.23. The first-order valence-electron chi connectivity index (χ1n) is 17.7. The smallest absolute Gasteiger partial charge is 0.184 e. The van der Waals surface area contributed by atoms with Gasteiger partial charge in [-0.3, -0.25) is 5.43 Å². The summed E-state index contributed by atoms with van der Waals surface area (Å²) >= 11 is 4.90. The van der Waals surface area contributed by atoms with E-state index in [9.17, 15) is 0 Å². The van der Waals surface area contributed by atoms with Gasteiger partial charge in [-0.05, 0) is 88.6 Å². The van der Waals surface area contributed by atoms with Crippen LogP contribution < -0.4 is 32.6 Å². The fraction of sp³-hybridized carbons (Fsp3) is 0. The first-order chi connectivity index (χ1) is 26.6. The lowest BCUT2D eigenvalue weighted by molar-refractivity contribution is 1.04. The maximum atomic E-state index is 5.56. The fourth-order valence-electron chi connectivity index (χ4n) is 7.29. The number of nitrogens with one attached hydrogen (secondary N) is 5. The monoisotopic (exact) mass is 717 g/mol. The van der Waals surface area contributed by atoms with Gasteiger partial charge >= 0.3 is 0 Å². The van der Waals surface area contributed by atoms with Crippen LogP contribution in [-0.4, -0.2) is 31.3 Å². The fourth-order valence-corrected chi connectivity index (χ4v) is 7.34. The molecule has 7 N–H and O–H groups in total. The average molecular weight is 718 g/mol. The van der Waals surface area contributed by atoms with Gasteiger partial charge in [-0.25, -0.2) is 0 Å². The number of aromatic amines is 4. The largest absolute Gasteiger partial charge is 0.375 e. The summed E-state index contributed by atoms with van der Waals surface area (Å²) in [5.41, 5.74) is 21.7. The number of aromatic nitrogens is 4. The van der Waals surface area contributed by atoms with E-state index in [4.69, 9.17) is 18.0 Å². The molecule has 0 aliphatic carbocycles. The van der Waals surface area contributed by atoms with Crippen molar-refractivity contribution >= 4 is 45.8 Å². The van der Waals surface area contributed by atoms with E-state index in [0.717, 1.165) is 94.3 Å². The third-order valence-electron chi connectivity index (χ3n) is 9.67. The molecule has 54 heavy (non-hydrogen) atoms. The van der Waals surface area contributed by atoms with Gasteiger partial charge in [0.15, 0.2) is 5.11 Å². The molecule has 8 bridgehead atoms. The minimum absolute atomic E-state index is 0.119. The van der Waals surface area contributed by atoms with Crippen molar-refractivity contribution in [3.8, 4) is 0 Å². The van der Waals surface area contributed by atoms with Crippen LogP contribution >= 0.6 is 12.2 Å². The molecule has 5 heterocycles. The number of thiocarbonyl (C=S) groups is 1. The Kier molecular flexibility index (Phi) is 8.55. The van der Waals surface area contributed by atoms with E-state index in [1.54, 1.807) is 6.21 Å². The number of fused-ring (bicyclic) bond motifs is 8. The van der Waals surface area contributed by atoms with Crippen molar-refractivity contribution in [2.75, 3.05) is 0 Å². The number of rotatable bonds is 6. The quantitative estimate of drug-likeness (QED) is 0.0780. The van der Waals surface area contributed by atoms with E-state index in [2.05, 4.69) is 170 Å². The molecular formula is C46H35N7S. The van der Waals surface area contributed by atoms with E-state index in [-0.39, 0.29) is 5.11 Å². The first-order valence-corrected chi connectivity index (χ1v) is 18.1. The summed E-state index contributed by atoms with van der Waals surface area (Å²) in [5, 5.41) is 8.25. The Hall–Kier alpha value is -7.16. The van der Waals surface area contributed by atoms with Gasteiger partial charge in [0.05, 0.1) is 6.21 Å². The van der Waals surface area contributed by atoms with E-state index in [1.807, 2.05) is 24.3 Å². The Bertz CT molecular complexity index is 2910. The molecule has 0 saturated carbocycles. The highest BCUT2D eigenvalue weighted by Gasteiger charge is 2.18. The second-order valence-corrected chi connectivity index (χ2v) is 13.5. The zero-order valence-corrected chi connectivity index (χ0v) is 29.9. The molecule has 260 valence electrons. The third kappa shape index (κ3) is 6.31. The average Bonchev–Trinajstić information content (AvgIpc) is 4.05. The van der Waals surface area contributed by atoms with Crippen LogP contribution in [0, 0.1) is 0 Å². The predicted octanol–water partition coefficient (Wildman–Crippen LogP) is 5.47. The van der Waals surface area contributed by atoms with Crippen LogP contribution in [-0.2, 0) is 0 Å². The van der Waals surface area contributed by atoms with E-state index in [1.165, 1.54) is 0 Å². The number of benzene rings is 4. The van der Waals surface area contributed by atoms with Crippen LogP contribution in [0.1, 0.15) is 50.6 Å². The molecule has 8 aromatic rings. The zero-order valence-electron chi connectivity index (χ0n) is 29.1. The molecule has 4 aromatic carbocycles. The van der Waals surface area contributed by atoms with Crippen molar-refractivity contribution in [1.29, 1.82) is 0 Å². The number of nitrogens with zero attached hydrogens (tertiary/aromatic N) is 1. The molecular weight excluding hydrogens is 683 g/mol. The molecule has 7 nitrogen and oxygen atoms in total. The number of hydrogen-bond donors (Lipinski definition) is 6. The SMILES string of the molecule is NC(=S)NN=Cc1ccc(C2=c3ccc([nH]3)=C(c3ccccc3)c3ccc([nH]3)C(c3ccccc3)=c3ccc([nH]3)=C(c3ccccc3)c3ccc2[nH]3)cc1. The summed E-state index contributed by atoms with van der Waals surface area (Å²) in [6, 6.07) is 57.3. The van der Waals surface area contributed by atoms with E-state index < -0.39 is 0 Å². The normalized spacial score (nSPS) is 12.7. The second kappa shape index (κ2) is 14.1. The molecule has 1 aliphatic rings. The summed E-state index contributed by atoms with van der Waals surface area (Å²) in [4.78, 5) is 15.4. The minimum Gasteiger partial charge on any atom is -0.375 e. The van der Waals surface area contributed by atoms with Gasteiger partial charge in [0, 0.05) is 66.5 Å². The van der Waals surface area contributed by atoms with Crippen LogP contribution in [0.3, 0.4) is 0 Å². The molecule has 1 aliphatic heterocycles. The predicted molar refractivity (Wildman–Crippen MR) is 221 cm³/mol. The highest BCUT2D eigenvalue weighted by atomic mass is 32.1. The van der Waals surface area contributed by atoms with Gasteiger partial charge in [-0.1, -0.05) is 115 Å². The summed E-state index contributed by atoms with van der Waals surface area (Å²) in [6.45, 7) is 0. The number of H-pyrrole nitrogens is 4. The lowest BCUT2D eigenvalue weighted by atomic mass is 10.0. The molecule has 0 unspecified atom stereocenters. The number of hydrazone groups is 1. The Labute approximate surface area is 316 Å². The van der Waals surface area contributed by atoms with E-state index in [0.29, 0.717) is 0 Å². The zero-order chi connectivity index (χ0) is 36.4. The summed E-state index contributed by atoms with van der Waals surface area (Å²) in [6.07, 6.45) is 1.70. The first kappa shape index (κ1) is 32.7. The molecule has 0 saturated heterocycles. The molecule has 0 spiro atoms. The van der Waals surface area contributed by atoms with Crippen molar-refractivity contribution in [1.82, 2.24) is 25.4 Å². The van der Waals surface area contributed by atoms with E-state index >= 15 is 0 Å². The maximum Gasteiger partial charge on any atom is 0.184 e. The molecule has 9 rings (SSSR count). The van der Waals surface area contributed by atoms with Crippen LogP contribution in [0.25, 0.3) is 22.3 Å². The molecule has 4 aromatic heterocycles. The van der Waals surface area contributed by atoms with Crippen LogP contribution in [0.4, 0.5) is 0 Å². The van der Waals surface area contributed by atoms with Crippen molar-refractivity contribution < 1.29 is 0 Å². The standard InChI is InChI=1S/C46H35N7S/c47-46(54)53-48-28-29-16-18-33(19-17-29)45-40-26-24-38(51-40)43(31-12-6-2-7-13-31)36-22-20-34(49-36)42(30-10-4-1-5-11-30)35-21-23-37(50-35)44(32-14-8-3-9-15-32)39-25-27-41(45)52-39/h1-28,49-52H,(H3,47,53,54). The molecule has 0 radical (unpaired) electrons. The molecule has 8 heteroatoms. The Morgan fingerprint density at radius 3 is 1.09 bits per heavy atom. The third-order valence-corrected chi connectivity index (χ3v) is 9.77. The van der Waals surface area contributed by atoms with Crippen LogP contribution in [0.15, 0.2) is 169 Å². The highest BCUT2D eigenvalue weighted by molar-refractivity contribution is 7.80. The Morgan fingerprint density at radius 1 is 0.426 bits per heavy atom. The molecule has 0 amide bonds. The molecule has 0 fully saturated rings. The summed E-state index contributed by atoms with van der Waals surface area (Å²) in [7, 11) is 0. The topological polar surface area (TPSA) is 114 Å². The Balaban J connectivity index is 1.36. The van der Waals surface area contributed by atoms with Gasteiger partial charge in [0.2, 0.25) is 0 Å². The minimum atomic E-state index is 0.119. The van der Waals surface area contributed by atoms with Gasteiger partial charge in [-0.15, -0.1) is 0 Å². The lowest BCUT2D eigenvalue weighted by Gasteiger charge is -2.10. The molecule has 0 atom stereocenters. The summed E-state index contributed by atoms with van der Waals surface area (Å²) < 4.78 is 0. The van der Waals surface area contributed by atoms with Gasteiger partial charge < -0.3 is 25.7 Å². The van der Waals surface area contributed by atoms with Gasteiger partial charge in [0.25, 0.3) is 0 Å². The van der Waals surface area contributed by atoms with Crippen LogP contribution in [0.5, 0.6) is 0 Å². The van der Waals surface area contributed by atoms with Crippen LogP contribution in [0.2, 0.25) is 0 Å². The highest BCUT2D eigenvalue weighted by Crippen LogP contribution is 2.28. The second-order valence-electron chi connectivity index (χ2n) is 13.1. The number of nitrogens with two attached hydrogens (primary N) is 1. The van der Waals surface area contributed by atoms with Crippen molar-refractivity contribution in [3.63, 3.8) is 0 Å².